The zero-order valence-electron chi connectivity index (χ0n) is 16.6. The van der Waals surface area contributed by atoms with Crippen LogP contribution in [0.3, 0.4) is 0 Å². The summed E-state index contributed by atoms with van der Waals surface area (Å²) in [5.74, 6) is -0.0268. The number of nitro benzene ring substituents is 1. The zero-order valence-corrected chi connectivity index (χ0v) is 16.6. The number of rotatable bonds is 7. The number of piperidine rings is 1. The Balaban J connectivity index is 1.78. The van der Waals surface area contributed by atoms with Crippen molar-refractivity contribution in [2.24, 2.45) is 11.7 Å². The van der Waals surface area contributed by atoms with Crippen LogP contribution in [-0.2, 0) is 9.59 Å². The lowest BCUT2D eigenvalue weighted by molar-refractivity contribution is -0.384. The van der Waals surface area contributed by atoms with Gasteiger partial charge in [-0.05, 0) is 36.6 Å². The molecule has 0 unspecified atom stereocenters. The highest BCUT2D eigenvalue weighted by atomic mass is 16.6. The first kappa shape index (κ1) is 21.1. The van der Waals surface area contributed by atoms with Crippen molar-refractivity contribution in [1.29, 1.82) is 0 Å². The molecule has 1 atom stereocenters. The van der Waals surface area contributed by atoms with Crippen molar-refractivity contribution in [2.45, 2.75) is 12.8 Å². The van der Waals surface area contributed by atoms with Crippen molar-refractivity contribution in [2.75, 3.05) is 26.8 Å². The summed E-state index contributed by atoms with van der Waals surface area (Å²) in [4.78, 5) is 36.3. The molecule has 158 valence electrons. The third kappa shape index (κ3) is 4.86. The normalized spacial score (nSPS) is 16.0. The molecule has 0 bridgehead atoms. The van der Waals surface area contributed by atoms with Crippen molar-refractivity contribution >= 4 is 17.5 Å². The second-order valence-electron chi connectivity index (χ2n) is 7.04. The van der Waals surface area contributed by atoms with Crippen LogP contribution in [0.4, 0.5) is 5.69 Å². The summed E-state index contributed by atoms with van der Waals surface area (Å²) in [6.07, 6.45) is 1.37. The standard InChI is InChI=1S/C21H23N3O6/c1-29-17-7-4-14(5-8-17)18-11-16(24(27)28)6-9-19(18)30-13-20(25)23-10-2-3-15(12-23)21(22)26/h4-9,11,15H,2-3,10,12-13H2,1H3,(H2,22,26)/t15-/m1/s1. The molecule has 0 spiro atoms. The average Bonchev–Trinajstić information content (AvgIpc) is 2.77. The van der Waals surface area contributed by atoms with Gasteiger partial charge in [0.15, 0.2) is 6.61 Å². The van der Waals surface area contributed by atoms with Gasteiger partial charge in [-0.2, -0.15) is 0 Å². The van der Waals surface area contributed by atoms with Gasteiger partial charge in [-0.15, -0.1) is 0 Å². The number of nitro groups is 1. The second-order valence-corrected chi connectivity index (χ2v) is 7.04. The summed E-state index contributed by atoms with van der Waals surface area (Å²) in [5, 5.41) is 11.2. The molecular formula is C21H23N3O6. The first-order chi connectivity index (χ1) is 14.4. The number of hydrogen-bond acceptors (Lipinski definition) is 6. The van der Waals surface area contributed by atoms with E-state index < -0.39 is 10.8 Å². The Bertz CT molecular complexity index is 944. The molecule has 1 aliphatic heterocycles. The molecule has 2 N–H and O–H groups in total. The van der Waals surface area contributed by atoms with Crippen molar-refractivity contribution in [1.82, 2.24) is 4.90 Å². The topological polar surface area (TPSA) is 125 Å². The largest absolute Gasteiger partial charge is 0.497 e. The third-order valence-electron chi connectivity index (χ3n) is 5.10. The summed E-state index contributed by atoms with van der Waals surface area (Å²) in [6, 6.07) is 11.2. The predicted molar refractivity (Wildman–Crippen MR) is 109 cm³/mol. The number of carbonyl (C=O) groups is 2. The van der Waals surface area contributed by atoms with Crippen molar-refractivity contribution in [3.8, 4) is 22.6 Å². The molecule has 1 aliphatic rings. The lowest BCUT2D eigenvalue weighted by atomic mass is 9.97. The Morgan fingerprint density at radius 1 is 1.23 bits per heavy atom. The number of carbonyl (C=O) groups excluding carboxylic acids is 2. The van der Waals surface area contributed by atoms with E-state index in [1.54, 1.807) is 36.3 Å². The van der Waals surface area contributed by atoms with Gasteiger partial charge in [-0.3, -0.25) is 19.7 Å². The maximum Gasteiger partial charge on any atom is 0.270 e. The highest BCUT2D eigenvalue weighted by molar-refractivity contribution is 5.81. The summed E-state index contributed by atoms with van der Waals surface area (Å²) >= 11 is 0. The van der Waals surface area contributed by atoms with Crippen molar-refractivity contribution in [3.05, 3.63) is 52.6 Å². The lowest BCUT2D eigenvalue weighted by Crippen LogP contribution is -2.45. The van der Waals surface area contributed by atoms with Gasteiger partial charge in [0.2, 0.25) is 5.91 Å². The Hall–Kier alpha value is -3.62. The molecule has 9 heteroatoms. The molecule has 2 aromatic carbocycles. The van der Waals surface area contributed by atoms with E-state index in [1.807, 2.05) is 0 Å². The van der Waals surface area contributed by atoms with Crippen LogP contribution in [0.5, 0.6) is 11.5 Å². The average molecular weight is 413 g/mol. The number of methoxy groups -OCH3 is 1. The summed E-state index contributed by atoms with van der Waals surface area (Å²) < 4.78 is 10.9. The molecule has 2 amide bonds. The number of nitrogens with zero attached hydrogens (tertiary/aromatic N) is 2. The minimum Gasteiger partial charge on any atom is -0.497 e. The molecule has 0 radical (unpaired) electrons. The maximum absolute atomic E-state index is 12.6. The van der Waals surface area contributed by atoms with Gasteiger partial charge in [-0.1, -0.05) is 12.1 Å². The highest BCUT2D eigenvalue weighted by Gasteiger charge is 2.27. The van der Waals surface area contributed by atoms with E-state index in [9.17, 15) is 19.7 Å². The zero-order chi connectivity index (χ0) is 21.7. The molecule has 0 saturated carbocycles. The predicted octanol–water partition coefficient (Wildman–Crippen LogP) is 2.37. The minimum absolute atomic E-state index is 0.0835. The van der Waals surface area contributed by atoms with E-state index in [4.69, 9.17) is 15.2 Å². The second kappa shape index (κ2) is 9.25. The number of non-ortho nitro benzene ring substituents is 1. The van der Waals surface area contributed by atoms with Crippen LogP contribution >= 0.6 is 0 Å². The van der Waals surface area contributed by atoms with Crippen LogP contribution in [0, 0.1) is 16.0 Å². The van der Waals surface area contributed by atoms with E-state index in [0.29, 0.717) is 42.0 Å². The van der Waals surface area contributed by atoms with Crippen LogP contribution in [0.1, 0.15) is 12.8 Å². The minimum atomic E-state index is -0.486. The fraction of sp³-hybridized carbons (Fsp3) is 0.333. The Labute approximate surface area is 173 Å². The molecular weight excluding hydrogens is 390 g/mol. The van der Waals surface area contributed by atoms with Gasteiger partial charge in [-0.25, -0.2) is 0 Å². The number of benzene rings is 2. The van der Waals surface area contributed by atoms with Crippen LogP contribution < -0.4 is 15.2 Å². The quantitative estimate of drug-likeness (QED) is 0.549. The highest BCUT2D eigenvalue weighted by Crippen LogP contribution is 2.34. The molecule has 30 heavy (non-hydrogen) atoms. The Morgan fingerprint density at radius 3 is 2.60 bits per heavy atom. The van der Waals surface area contributed by atoms with Crippen LogP contribution in [-0.4, -0.2) is 48.4 Å². The van der Waals surface area contributed by atoms with E-state index in [-0.39, 0.29) is 30.7 Å². The Kier molecular flexibility index (Phi) is 6.51. The molecule has 1 fully saturated rings. The monoisotopic (exact) mass is 413 g/mol. The van der Waals surface area contributed by atoms with Crippen molar-refractivity contribution in [3.63, 3.8) is 0 Å². The number of ether oxygens (including phenoxy) is 2. The number of primary amides is 1. The molecule has 0 aromatic heterocycles. The molecule has 1 heterocycles. The first-order valence-electron chi connectivity index (χ1n) is 9.52. The number of hydrogen-bond donors (Lipinski definition) is 1. The smallest absolute Gasteiger partial charge is 0.270 e. The SMILES string of the molecule is COc1ccc(-c2cc([N+](=O)[O-])ccc2OCC(=O)N2CCC[C@@H](C(N)=O)C2)cc1. The maximum atomic E-state index is 12.6. The summed E-state index contributed by atoms with van der Waals surface area (Å²) in [7, 11) is 1.55. The Morgan fingerprint density at radius 2 is 1.97 bits per heavy atom. The van der Waals surface area contributed by atoms with E-state index in [2.05, 4.69) is 0 Å². The van der Waals surface area contributed by atoms with Gasteiger partial charge >= 0.3 is 0 Å². The summed E-state index contributed by atoms with van der Waals surface area (Å²) in [6.45, 7) is 0.577. The fourth-order valence-electron chi connectivity index (χ4n) is 3.42. The van der Waals surface area contributed by atoms with Gasteiger partial charge in [0.05, 0.1) is 18.0 Å². The van der Waals surface area contributed by atoms with Crippen molar-refractivity contribution < 1.29 is 24.0 Å². The number of nitrogens with two attached hydrogens (primary N) is 1. The molecule has 2 aromatic rings. The number of likely N-dealkylation sites (tertiary alicyclic amines) is 1. The van der Waals surface area contributed by atoms with Crippen LogP contribution in [0.25, 0.3) is 11.1 Å². The van der Waals surface area contributed by atoms with E-state index in [0.717, 1.165) is 0 Å². The fourth-order valence-corrected chi connectivity index (χ4v) is 3.42. The van der Waals surface area contributed by atoms with Gasteiger partial charge in [0.25, 0.3) is 11.6 Å². The van der Waals surface area contributed by atoms with E-state index >= 15 is 0 Å². The lowest BCUT2D eigenvalue weighted by Gasteiger charge is -2.31. The molecule has 9 nitrogen and oxygen atoms in total. The molecule has 0 aliphatic carbocycles. The summed E-state index contributed by atoms with van der Waals surface area (Å²) in [5.41, 5.74) is 6.46. The van der Waals surface area contributed by atoms with E-state index in [1.165, 1.54) is 18.2 Å². The third-order valence-corrected chi connectivity index (χ3v) is 5.10. The van der Waals surface area contributed by atoms with Gasteiger partial charge in [0, 0.05) is 30.8 Å². The molecule has 1 saturated heterocycles. The molecule has 3 rings (SSSR count). The van der Waals surface area contributed by atoms with Crippen LogP contribution in [0.2, 0.25) is 0 Å². The van der Waals surface area contributed by atoms with Crippen LogP contribution in [0.15, 0.2) is 42.5 Å². The van der Waals surface area contributed by atoms with Gasteiger partial charge in [0.1, 0.15) is 11.5 Å². The number of amides is 2. The first-order valence-corrected chi connectivity index (χ1v) is 9.52. The van der Waals surface area contributed by atoms with Gasteiger partial charge < -0.3 is 20.1 Å².